The first-order valence-corrected chi connectivity index (χ1v) is 19.4. The molecule has 0 aromatic carbocycles. The smallest absolute Gasteiger partial charge is 0.221 e. The van der Waals surface area contributed by atoms with Crippen LogP contribution < -0.4 is 0 Å². The van der Waals surface area contributed by atoms with E-state index in [2.05, 4.69) is 111 Å². The molecule has 0 saturated heterocycles. The summed E-state index contributed by atoms with van der Waals surface area (Å²) in [6, 6.07) is 0.904. The second-order valence-corrected chi connectivity index (χ2v) is 24.8. The number of hydrogen-bond donors (Lipinski definition) is 0. The van der Waals surface area contributed by atoms with Crippen LogP contribution in [0.1, 0.15) is 55.4 Å². The Morgan fingerprint density at radius 3 is 1.11 bits per heavy atom. The molecule has 1 atom stereocenters. The summed E-state index contributed by atoms with van der Waals surface area (Å²) in [7, 11) is -6.36. The molecule has 162 valence electrons. The molecule has 0 fully saturated rings. The Bertz CT molecular complexity index is 505. The number of nitrogens with zero attached hydrogens (tertiary/aromatic N) is 2. The molecule has 3 nitrogen and oxygen atoms in total. The second-order valence-electron chi connectivity index (χ2n) is 11.3. The van der Waals surface area contributed by atoms with Crippen LogP contribution in [-0.4, -0.2) is 54.9 Å². The van der Waals surface area contributed by atoms with Crippen molar-refractivity contribution in [2.75, 3.05) is 0 Å². The molecule has 1 unspecified atom stereocenters. The molecule has 0 aliphatic carbocycles. The minimum absolute atomic E-state index is 0.0891. The maximum atomic E-state index is 15.5. The van der Waals surface area contributed by atoms with Crippen LogP contribution >= 0.6 is 7.44 Å². The van der Waals surface area contributed by atoms with Crippen molar-refractivity contribution in [3.05, 3.63) is 11.8 Å². The Labute approximate surface area is 173 Å². The molecule has 0 aliphatic rings. The third-order valence-electron chi connectivity index (χ3n) is 5.23. The van der Waals surface area contributed by atoms with E-state index >= 15 is 4.57 Å². The van der Waals surface area contributed by atoms with Gasteiger partial charge in [-0.15, -0.1) is 6.58 Å². The molecule has 0 aliphatic heterocycles. The lowest BCUT2D eigenvalue weighted by molar-refractivity contribution is 0.224. The average Bonchev–Trinajstić information content (AvgIpc) is 2.32. The zero-order chi connectivity index (χ0) is 22.1. The predicted octanol–water partition coefficient (Wildman–Crippen LogP) is 7.10. The lowest BCUT2D eigenvalue weighted by atomic mass is 10.3. The molecule has 6 heteroatoms. The quantitative estimate of drug-likeness (QED) is 0.272. The summed E-state index contributed by atoms with van der Waals surface area (Å²) in [5.41, 5.74) is 0. The highest BCUT2D eigenvalue weighted by Crippen LogP contribution is 2.65. The summed E-state index contributed by atoms with van der Waals surface area (Å²) in [4.78, 5) is 0. The molecular formula is C21H49N2OPSi2. The van der Waals surface area contributed by atoms with Crippen LogP contribution in [0.25, 0.3) is 0 Å². The zero-order valence-electron chi connectivity index (χ0n) is 20.8. The predicted molar refractivity (Wildman–Crippen MR) is 131 cm³/mol. The van der Waals surface area contributed by atoms with E-state index in [4.69, 9.17) is 0 Å². The van der Waals surface area contributed by atoms with E-state index < -0.39 is 23.6 Å². The molecule has 0 spiro atoms. The molecule has 0 saturated carbocycles. The van der Waals surface area contributed by atoms with Gasteiger partial charge >= 0.3 is 0 Å². The molecule has 0 aromatic rings. The normalized spacial score (nSPS) is 15.7. The topological polar surface area (TPSA) is 23.6 Å². The number of rotatable bonds is 10. The van der Waals surface area contributed by atoms with Crippen LogP contribution in [-0.2, 0) is 4.57 Å². The van der Waals surface area contributed by atoms with E-state index in [1.807, 2.05) is 0 Å². The fraction of sp³-hybridized carbons (Fsp3) is 0.905. The molecule has 0 aromatic heterocycles. The Morgan fingerprint density at radius 2 is 0.963 bits per heavy atom. The van der Waals surface area contributed by atoms with Gasteiger partial charge in [0.05, 0.1) is 16.1 Å². The van der Waals surface area contributed by atoms with E-state index in [0.29, 0.717) is 0 Å². The summed E-state index contributed by atoms with van der Waals surface area (Å²) < 4.78 is 20.2. The molecule has 0 heterocycles. The molecule has 0 N–H and O–H groups in total. The SMILES string of the molecule is C=C(C([Si](C)(C)C)P(=O)(N(C(C)C)C(C)C)N(C(C)C)C(C)C)[Si](C)(C)C. The van der Waals surface area contributed by atoms with Crippen LogP contribution in [0, 0.1) is 0 Å². The molecule has 27 heavy (non-hydrogen) atoms. The van der Waals surface area contributed by atoms with Crippen molar-refractivity contribution in [3.8, 4) is 0 Å². The summed E-state index contributed by atoms with van der Waals surface area (Å²) in [5, 5.41) is 1.38. The molecular weight excluding hydrogens is 383 g/mol. The standard InChI is InChI=1S/C21H49N2OPSi2/c1-16(2)22(17(3)4)25(24,23(18(5)6)19(7)8)21(27(13,14)15)20(9)26(10,11)12/h16-19,21H,9H2,1-8,10-15H3. The highest BCUT2D eigenvalue weighted by molar-refractivity contribution is 7.63. The van der Waals surface area contributed by atoms with Crippen molar-refractivity contribution in [1.82, 2.24) is 9.34 Å². The fourth-order valence-corrected chi connectivity index (χ4v) is 19.3. The first kappa shape index (κ1) is 27.3. The maximum Gasteiger partial charge on any atom is 0.221 e. The van der Waals surface area contributed by atoms with Gasteiger partial charge in [0, 0.05) is 29.4 Å². The molecule has 0 bridgehead atoms. The van der Waals surface area contributed by atoms with Gasteiger partial charge in [-0.3, -0.25) is 4.57 Å². The summed E-state index contributed by atoms with van der Waals surface area (Å²) >= 11 is 0. The van der Waals surface area contributed by atoms with Gasteiger partial charge in [0.25, 0.3) is 0 Å². The Balaban J connectivity index is 7.14. The van der Waals surface area contributed by atoms with Gasteiger partial charge in [-0.2, -0.15) is 0 Å². The highest BCUT2D eigenvalue weighted by atomic mass is 31.2. The lowest BCUT2D eigenvalue weighted by Crippen LogP contribution is -2.56. The van der Waals surface area contributed by atoms with Crippen LogP contribution in [0.15, 0.2) is 11.8 Å². The van der Waals surface area contributed by atoms with Crippen molar-refractivity contribution in [2.24, 2.45) is 0 Å². The van der Waals surface area contributed by atoms with Gasteiger partial charge in [0.15, 0.2) is 0 Å². The van der Waals surface area contributed by atoms with E-state index in [1.165, 1.54) is 5.20 Å². The Hall–Kier alpha value is 0.324. The van der Waals surface area contributed by atoms with E-state index in [0.717, 1.165) is 0 Å². The first-order valence-electron chi connectivity index (χ1n) is 10.7. The van der Waals surface area contributed by atoms with E-state index in [9.17, 15) is 0 Å². The molecule has 0 amide bonds. The molecule has 0 radical (unpaired) electrons. The second kappa shape index (κ2) is 9.42. The van der Waals surface area contributed by atoms with E-state index in [-0.39, 0.29) is 29.4 Å². The van der Waals surface area contributed by atoms with Crippen molar-refractivity contribution in [3.63, 3.8) is 0 Å². The summed E-state index contributed by atoms with van der Waals surface area (Å²) in [6.45, 7) is 36.4. The number of hydrogen-bond acceptors (Lipinski definition) is 1. The van der Waals surface area contributed by atoms with Crippen LogP contribution in [0.5, 0.6) is 0 Å². The van der Waals surface area contributed by atoms with Gasteiger partial charge in [-0.1, -0.05) is 44.5 Å². The van der Waals surface area contributed by atoms with Crippen molar-refractivity contribution in [2.45, 2.75) is 124 Å². The third-order valence-corrected chi connectivity index (χ3v) is 17.5. The fourth-order valence-electron chi connectivity index (χ4n) is 4.54. The average molecular weight is 433 g/mol. The van der Waals surface area contributed by atoms with Gasteiger partial charge < -0.3 is 0 Å². The Kier molecular flexibility index (Phi) is 9.54. The highest BCUT2D eigenvalue weighted by Gasteiger charge is 2.54. The largest absolute Gasteiger partial charge is 0.288 e. The van der Waals surface area contributed by atoms with Gasteiger partial charge in [-0.05, 0) is 55.4 Å². The number of allylic oxidation sites excluding steroid dienone is 1. The van der Waals surface area contributed by atoms with Gasteiger partial charge in [0.1, 0.15) is 0 Å². The monoisotopic (exact) mass is 432 g/mol. The van der Waals surface area contributed by atoms with Gasteiger partial charge in [0.2, 0.25) is 7.44 Å². The van der Waals surface area contributed by atoms with Crippen molar-refractivity contribution in [1.29, 1.82) is 0 Å². The summed E-state index contributed by atoms with van der Waals surface area (Å²) in [6.07, 6.45) is 0. The minimum atomic E-state index is -2.88. The van der Waals surface area contributed by atoms with Crippen LogP contribution in [0.2, 0.25) is 39.3 Å². The van der Waals surface area contributed by atoms with Crippen molar-refractivity contribution >= 4 is 23.6 Å². The Morgan fingerprint density at radius 1 is 0.704 bits per heavy atom. The van der Waals surface area contributed by atoms with E-state index in [1.54, 1.807) is 0 Å². The van der Waals surface area contributed by atoms with Gasteiger partial charge in [-0.25, -0.2) is 9.34 Å². The third kappa shape index (κ3) is 6.15. The van der Waals surface area contributed by atoms with Crippen LogP contribution in [0.3, 0.4) is 0 Å². The molecule has 0 rings (SSSR count). The zero-order valence-corrected chi connectivity index (χ0v) is 23.7. The first-order chi connectivity index (χ1) is 11.8. The minimum Gasteiger partial charge on any atom is -0.288 e. The lowest BCUT2D eigenvalue weighted by Gasteiger charge is -2.54. The maximum absolute atomic E-state index is 15.5. The van der Waals surface area contributed by atoms with Crippen molar-refractivity contribution < 1.29 is 4.57 Å². The van der Waals surface area contributed by atoms with Crippen LogP contribution in [0.4, 0.5) is 0 Å². The summed E-state index contributed by atoms with van der Waals surface area (Å²) in [5.74, 6) is 0.